The van der Waals surface area contributed by atoms with Crippen LogP contribution in [0.25, 0.3) is 6.08 Å². The van der Waals surface area contributed by atoms with Crippen LogP contribution in [-0.4, -0.2) is 30.1 Å². The summed E-state index contributed by atoms with van der Waals surface area (Å²) in [4.78, 5) is 23.3. The van der Waals surface area contributed by atoms with Crippen LogP contribution < -0.4 is 14.8 Å². The van der Waals surface area contributed by atoms with E-state index in [9.17, 15) is 14.9 Å². The quantitative estimate of drug-likeness (QED) is 0.495. The summed E-state index contributed by atoms with van der Waals surface area (Å²) in [7, 11) is 1.51. The number of amides is 1. The van der Waals surface area contributed by atoms with Gasteiger partial charge in [-0.3, -0.25) is 4.79 Å². The number of nitrogens with one attached hydrogen (secondary N) is 1. The number of ether oxygens (including phenoxy) is 2. The number of benzene rings is 2. The van der Waals surface area contributed by atoms with Gasteiger partial charge in [-0.05, 0) is 54.3 Å². The highest BCUT2D eigenvalue weighted by molar-refractivity contribution is 6.01. The highest BCUT2D eigenvalue weighted by atomic mass is 16.5. The van der Waals surface area contributed by atoms with Crippen LogP contribution in [0.3, 0.4) is 0 Å². The van der Waals surface area contributed by atoms with E-state index in [2.05, 4.69) is 5.32 Å². The van der Waals surface area contributed by atoms with Gasteiger partial charge in [-0.15, -0.1) is 0 Å². The Morgan fingerprint density at radius 1 is 1.16 bits per heavy atom. The number of hydrogen-bond donors (Lipinski definition) is 2. The fourth-order valence-electron chi connectivity index (χ4n) is 3.45. The second-order valence-corrected chi connectivity index (χ2v) is 7.33. The van der Waals surface area contributed by atoms with Crippen LogP contribution in [0.5, 0.6) is 11.5 Å². The zero-order valence-electron chi connectivity index (χ0n) is 17.3. The maximum Gasteiger partial charge on any atom is 0.335 e. The second kappa shape index (κ2) is 10.3. The van der Waals surface area contributed by atoms with Crippen LogP contribution in [0, 0.1) is 11.3 Å². The minimum absolute atomic E-state index is 0.0427. The number of carboxylic acids is 1. The Morgan fingerprint density at radius 2 is 1.87 bits per heavy atom. The number of nitrogens with zero attached hydrogens (tertiary/aromatic N) is 1. The second-order valence-electron chi connectivity index (χ2n) is 7.33. The standard InChI is InChI=1S/C24H24N2O5/c1-30-22-13-17(12-19(14-25)23(27)26-20-4-2-3-5-20)8-11-21(22)31-15-16-6-9-18(10-7-16)24(28)29/h6-13,20H,2-5,15H2,1H3,(H,26,27)(H,28,29)/b19-12-. The van der Waals surface area contributed by atoms with Crippen LogP contribution in [0.2, 0.25) is 0 Å². The first kappa shape index (κ1) is 21.9. The van der Waals surface area contributed by atoms with Gasteiger partial charge in [0.15, 0.2) is 11.5 Å². The van der Waals surface area contributed by atoms with Gasteiger partial charge in [-0.25, -0.2) is 4.79 Å². The van der Waals surface area contributed by atoms with Gasteiger partial charge in [0.1, 0.15) is 18.2 Å². The fourth-order valence-corrected chi connectivity index (χ4v) is 3.45. The monoisotopic (exact) mass is 420 g/mol. The minimum atomic E-state index is -0.980. The number of carbonyl (C=O) groups excluding carboxylic acids is 1. The van der Waals surface area contributed by atoms with Gasteiger partial charge in [-0.2, -0.15) is 5.26 Å². The number of methoxy groups -OCH3 is 1. The highest BCUT2D eigenvalue weighted by Crippen LogP contribution is 2.30. The predicted octanol–water partition coefficient (Wildman–Crippen LogP) is 3.94. The van der Waals surface area contributed by atoms with Crippen molar-refractivity contribution < 1.29 is 24.2 Å². The molecule has 0 saturated heterocycles. The molecule has 2 aromatic carbocycles. The molecule has 0 spiro atoms. The maximum atomic E-state index is 12.4. The number of rotatable bonds is 8. The number of nitriles is 1. The molecule has 0 aromatic heterocycles. The third-order valence-corrected chi connectivity index (χ3v) is 5.15. The molecule has 0 unspecified atom stereocenters. The van der Waals surface area contributed by atoms with Gasteiger partial charge in [0.05, 0.1) is 12.7 Å². The molecule has 1 saturated carbocycles. The molecule has 0 aliphatic heterocycles. The molecule has 0 radical (unpaired) electrons. The van der Waals surface area contributed by atoms with Gasteiger partial charge < -0.3 is 19.9 Å². The molecular weight excluding hydrogens is 396 g/mol. The summed E-state index contributed by atoms with van der Waals surface area (Å²) in [6, 6.07) is 13.7. The third kappa shape index (κ3) is 5.86. The molecule has 7 nitrogen and oxygen atoms in total. The van der Waals surface area contributed by atoms with Crippen LogP contribution >= 0.6 is 0 Å². The van der Waals surface area contributed by atoms with Crippen molar-refractivity contribution in [3.8, 4) is 17.6 Å². The zero-order valence-corrected chi connectivity index (χ0v) is 17.3. The highest BCUT2D eigenvalue weighted by Gasteiger charge is 2.19. The van der Waals surface area contributed by atoms with Crippen LogP contribution in [-0.2, 0) is 11.4 Å². The lowest BCUT2D eigenvalue weighted by molar-refractivity contribution is -0.117. The molecular formula is C24H24N2O5. The number of carbonyl (C=O) groups is 2. The normalized spacial score (nSPS) is 14.0. The molecule has 0 heterocycles. The molecule has 7 heteroatoms. The van der Waals surface area contributed by atoms with Gasteiger partial charge in [0.25, 0.3) is 5.91 Å². The Bertz CT molecular complexity index is 1020. The molecule has 0 atom stereocenters. The van der Waals surface area contributed by atoms with Crippen molar-refractivity contribution in [3.05, 3.63) is 64.7 Å². The van der Waals surface area contributed by atoms with E-state index in [0.717, 1.165) is 31.2 Å². The van der Waals surface area contributed by atoms with Crippen molar-refractivity contribution in [1.82, 2.24) is 5.32 Å². The molecule has 2 N–H and O–H groups in total. The van der Waals surface area contributed by atoms with E-state index in [1.807, 2.05) is 6.07 Å². The number of hydrogen-bond acceptors (Lipinski definition) is 5. The Morgan fingerprint density at radius 3 is 2.48 bits per heavy atom. The smallest absolute Gasteiger partial charge is 0.335 e. The molecule has 2 aromatic rings. The Hall–Kier alpha value is -3.79. The van der Waals surface area contributed by atoms with Crippen molar-refractivity contribution in [2.45, 2.75) is 38.3 Å². The molecule has 31 heavy (non-hydrogen) atoms. The molecule has 1 fully saturated rings. The summed E-state index contributed by atoms with van der Waals surface area (Å²) in [5.41, 5.74) is 1.71. The third-order valence-electron chi connectivity index (χ3n) is 5.15. The van der Waals surface area contributed by atoms with Crippen molar-refractivity contribution >= 4 is 18.0 Å². The molecule has 1 aliphatic carbocycles. The van der Waals surface area contributed by atoms with E-state index in [1.165, 1.54) is 25.3 Å². The zero-order chi connectivity index (χ0) is 22.2. The molecule has 0 bridgehead atoms. The van der Waals surface area contributed by atoms with E-state index in [0.29, 0.717) is 17.1 Å². The van der Waals surface area contributed by atoms with E-state index in [1.54, 1.807) is 30.3 Å². The maximum absolute atomic E-state index is 12.4. The summed E-state index contributed by atoms with van der Waals surface area (Å²) in [6.07, 6.45) is 5.62. The predicted molar refractivity (Wildman–Crippen MR) is 115 cm³/mol. The van der Waals surface area contributed by atoms with Crippen LogP contribution in [0.1, 0.15) is 47.2 Å². The van der Waals surface area contributed by atoms with Crippen LogP contribution in [0.15, 0.2) is 48.0 Å². The Labute approximate surface area is 180 Å². The van der Waals surface area contributed by atoms with Crippen molar-refractivity contribution in [2.24, 2.45) is 0 Å². The lowest BCUT2D eigenvalue weighted by atomic mass is 10.1. The molecule has 1 aliphatic rings. The van der Waals surface area contributed by atoms with Crippen LogP contribution in [0.4, 0.5) is 0 Å². The van der Waals surface area contributed by atoms with Gasteiger partial charge in [-0.1, -0.05) is 31.0 Å². The average molecular weight is 420 g/mol. The Kier molecular flexibility index (Phi) is 7.28. The molecule has 160 valence electrons. The van der Waals surface area contributed by atoms with E-state index in [4.69, 9.17) is 14.6 Å². The minimum Gasteiger partial charge on any atom is -0.493 e. The average Bonchev–Trinajstić information content (AvgIpc) is 3.29. The first-order chi connectivity index (χ1) is 15.0. The van der Waals surface area contributed by atoms with E-state index < -0.39 is 5.97 Å². The van der Waals surface area contributed by atoms with Gasteiger partial charge in [0.2, 0.25) is 0 Å². The number of aromatic carboxylic acids is 1. The van der Waals surface area contributed by atoms with E-state index in [-0.39, 0.29) is 29.7 Å². The molecule has 3 rings (SSSR count). The Balaban J connectivity index is 1.69. The SMILES string of the molecule is COc1cc(/C=C(/C#N)C(=O)NC2CCCC2)ccc1OCc1ccc(C(=O)O)cc1. The lowest BCUT2D eigenvalue weighted by Crippen LogP contribution is -2.33. The van der Waals surface area contributed by atoms with Crippen molar-refractivity contribution in [1.29, 1.82) is 5.26 Å². The largest absolute Gasteiger partial charge is 0.493 e. The lowest BCUT2D eigenvalue weighted by Gasteiger charge is -2.12. The topological polar surface area (TPSA) is 109 Å². The number of carboxylic acid groups (broad SMARTS) is 1. The molecule has 1 amide bonds. The summed E-state index contributed by atoms with van der Waals surface area (Å²) >= 11 is 0. The summed E-state index contributed by atoms with van der Waals surface area (Å²) in [5.74, 6) is -0.384. The first-order valence-corrected chi connectivity index (χ1v) is 10.1. The summed E-state index contributed by atoms with van der Waals surface area (Å²) in [5, 5.41) is 21.3. The van der Waals surface area contributed by atoms with Crippen molar-refractivity contribution in [2.75, 3.05) is 7.11 Å². The van der Waals surface area contributed by atoms with Gasteiger partial charge in [0, 0.05) is 6.04 Å². The first-order valence-electron chi connectivity index (χ1n) is 10.1. The summed E-state index contributed by atoms with van der Waals surface area (Å²) in [6.45, 7) is 0.235. The van der Waals surface area contributed by atoms with E-state index >= 15 is 0 Å². The van der Waals surface area contributed by atoms with Crippen molar-refractivity contribution in [3.63, 3.8) is 0 Å². The summed E-state index contributed by atoms with van der Waals surface area (Å²) < 4.78 is 11.2. The van der Waals surface area contributed by atoms with Gasteiger partial charge >= 0.3 is 5.97 Å². The fraction of sp³-hybridized carbons (Fsp3) is 0.292.